The Labute approximate surface area is 104 Å². The predicted molar refractivity (Wildman–Crippen MR) is 68.7 cm³/mol. The van der Waals surface area contributed by atoms with Crippen LogP contribution in [0.4, 0.5) is 5.13 Å². The molecule has 0 fully saturated rings. The first-order valence-electron chi connectivity index (χ1n) is 5.17. The van der Waals surface area contributed by atoms with E-state index in [1.165, 1.54) is 18.3 Å². The molecule has 6 heteroatoms. The summed E-state index contributed by atoms with van der Waals surface area (Å²) in [6.07, 6.45) is 1.61. The largest absolute Gasteiger partial charge is 0.366 e. The molecule has 0 atom stereocenters. The standard InChI is InChI=1S/C11H15N3O2S/c1-4-14(8(3)15)11-13-9(6-17-11)5-7(2)10(12)16/h5-6H,4H2,1-3H3,(H2,12,16). The molecule has 0 aliphatic carbocycles. The van der Waals surface area contributed by atoms with Crippen LogP contribution in [0.25, 0.3) is 6.08 Å². The van der Waals surface area contributed by atoms with Gasteiger partial charge in [-0.25, -0.2) is 4.98 Å². The average molecular weight is 253 g/mol. The Morgan fingerprint density at radius 1 is 1.53 bits per heavy atom. The lowest BCUT2D eigenvalue weighted by molar-refractivity contribution is -0.116. The van der Waals surface area contributed by atoms with Crippen molar-refractivity contribution in [3.63, 3.8) is 0 Å². The van der Waals surface area contributed by atoms with E-state index in [9.17, 15) is 9.59 Å². The fourth-order valence-corrected chi connectivity index (χ4v) is 2.14. The third-order valence-corrected chi connectivity index (χ3v) is 3.07. The molecule has 0 unspecified atom stereocenters. The highest BCUT2D eigenvalue weighted by Crippen LogP contribution is 2.21. The van der Waals surface area contributed by atoms with Crippen LogP contribution in [0.1, 0.15) is 26.5 Å². The summed E-state index contributed by atoms with van der Waals surface area (Å²) in [5, 5.41) is 2.41. The van der Waals surface area contributed by atoms with Crippen molar-refractivity contribution in [2.75, 3.05) is 11.4 Å². The van der Waals surface area contributed by atoms with Crippen LogP contribution in [0.5, 0.6) is 0 Å². The molecule has 0 aliphatic rings. The van der Waals surface area contributed by atoms with Gasteiger partial charge in [0.05, 0.1) is 5.69 Å². The Kier molecular flexibility index (Phi) is 4.39. The summed E-state index contributed by atoms with van der Waals surface area (Å²) in [5.74, 6) is -0.525. The lowest BCUT2D eigenvalue weighted by atomic mass is 10.2. The predicted octanol–water partition coefficient (Wildman–Crippen LogP) is 1.40. The molecule has 2 N–H and O–H groups in total. The van der Waals surface area contributed by atoms with Gasteiger partial charge in [-0.05, 0) is 19.9 Å². The molecule has 1 aromatic rings. The second-order valence-corrected chi connectivity index (χ2v) is 4.35. The molecule has 0 radical (unpaired) electrons. The van der Waals surface area contributed by atoms with Crippen LogP contribution in [-0.4, -0.2) is 23.3 Å². The molecule has 0 spiro atoms. The number of anilines is 1. The number of hydrogen-bond acceptors (Lipinski definition) is 4. The van der Waals surface area contributed by atoms with Gasteiger partial charge in [-0.3, -0.25) is 14.5 Å². The van der Waals surface area contributed by atoms with Gasteiger partial charge in [-0.15, -0.1) is 11.3 Å². The van der Waals surface area contributed by atoms with E-state index < -0.39 is 5.91 Å². The number of amides is 2. The third-order valence-electron chi connectivity index (χ3n) is 2.19. The van der Waals surface area contributed by atoms with E-state index in [1.54, 1.807) is 23.3 Å². The summed E-state index contributed by atoms with van der Waals surface area (Å²) in [6.45, 7) is 5.58. The number of nitrogens with two attached hydrogens (primary N) is 1. The van der Waals surface area contributed by atoms with Crippen LogP contribution in [0.15, 0.2) is 11.0 Å². The quantitative estimate of drug-likeness (QED) is 0.824. The fraction of sp³-hybridized carbons (Fsp3) is 0.364. The molecular formula is C11H15N3O2S. The summed E-state index contributed by atoms with van der Waals surface area (Å²) in [5.41, 5.74) is 6.21. The maximum atomic E-state index is 11.3. The maximum Gasteiger partial charge on any atom is 0.244 e. The summed E-state index contributed by atoms with van der Waals surface area (Å²) >= 11 is 1.36. The van der Waals surface area contributed by atoms with E-state index >= 15 is 0 Å². The van der Waals surface area contributed by atoms with Crippen LogP contribution in [-0.2, 0) is 9.59 Å². The first-order valence-corrected chi connectivity index (χ1v) is 6.05. The number of hydrogen-bond donors (Lipinski definition) is 1. The Hall–Kier alpha value is -1.69. The Bertz CT molecular complexity index is 465. The minimum Gasteiger partial charge on any atom is -0.366 e. The number of carbonyl (C=O) groups excluding carboxylic acids is 2. The zero-order valence-electron chi connectivity index (χ0n) is 10.1. The zero-order chi connectivity index (χ0) is 13.0. The number of primary amides is 1. The smallest absolute Gasteiger partial charge is 0.244 e. The van der Waals surface area contributed by atoms with Crippen molar-refractivity contribution in [2.45, 2.75) is 20.8 Å². The summed E-state index contributed by atoms with van der Waals surface area (Å²) < 4.78 is 0. The minimum atomic E-state index is -0.474. The fourth-order valence-electron chi connectivity index (χ4n) is 1.25. The first-order chi connectivity index (χ1) is 7.95. The lowest BCUT2D eigenvalue weighted by Crippen LogP contribution is -2.27. The number of aromatic nitrogens is 1. The number of thiazole rings is 1. The molecule has 1 heterocycles. The molecule has 0 aliphatic heterocycles. The number of rotatable bonds is 4. The van der Waals surface area contributed by atoms with Crippen LogP contribution >= 0.6 is 11.3 Å². The van der Waals surface area contributed by atoms with Crippen LogP contribution < -0.4 is 10.6 Å². The molecule has 0 aromatic carbocycles. The number of nitrogens with zero attached hydrogens (tertiary/aromatic N) is 2. The highest BCUT2D eigenvalue weighted by atomic mass is 32.1. The third kappa shape index (κ3) is 3.39. The van der Waals surface area contributed by atoms with Crippen molar-refractivity contribution < 1.29 is 9.59 Å². The molecule has 1 aromatic heterocycles. The van der Waals surface area contributed by atoms with E-state index in [4.69, 9.17) is 5.73 Å². The topological polar surface area (TPSA) is 76.3 Å². The normalized spacial score (nSPS) is 11.4. The van der Waals surface area contributed by atoms with Crippen molar-refractivity contribution in [3.8, 4) is 0 Å². The van der Waals surface area contributed by atoms with Gasteiger partial charge in [0, 0.05) is 24.4 Å². The molecule has 92 valence electrons. The van der Waals surface area contributed by atoms with Crippen LogP contribution in [0.2, 0.25) is 0 Å². The molecule has 5 nitrogen and oxygen atoms in total. The van der Waals surface area contributed by atoms with Gasteiger partial charge in [0.2, 0.25) is 11.8 Å². The van der Waals surface area contributed by atoms with Crippen molar-refractivity contribution in [3.05, 3.63) is 16.6 Å². The Morgan fingerprint density at radius 2 is 2.18 bits per heavy atom. The maximum absolute atomic E-state index is 11.3. The van der Waals surface area contributed by atoms with Crippen LogP contribution in [0, 0.1) is 0 Å². The molecule has 0 saturated heterocycles. The monoisotopic (exact) mass is 253 g/mol. The van der Waals surface area contributed by atoms with E-state index in [0.717, 1.165) is 0 Å². The molecular weight excluding hydrogens is 238 g/mol. The molecule has 1 rings (SSSR count). The Balaban J connectivity index is 2.95. The second kappa shape index (κ2) is 5.58. The van der Waals surface area contributed by atoms with Gasteiger partial charge in [0.25, 0.3) is 0 Å². The molecule has 0 bridgehead atoms. The van der Waals surface area contributed by atoms with Crippen molar-refractivity contribution >= 4 is 34.4 Å². The van der Waals surface area contributed by atoms with Gasteiger partial charge in [-0.1, -0.05) is 0 Å². The van der Waals surface area contributed by atoms with Gasteiger partial charge >= 0.3 is 0 Å². The SMILES string of the molecule is CCN(C(C)=O)c1nc(C=C(C)C(N)=O)cs1. The van der Waals surface area contributed by atoms with E-state index in [-0.39, 0.29) is 5.91 Å². The summed E-state index contributed by atoms with van der Waals surface area (Å²) in [7, 11) is 0. The van der Waals surface area contributed by atoms with Gasteiger partial charge in [-0.2, -0.15) is 0 Å². The molecule has 17 heavy (non-hydrogen) atoms. The first kappa shape index (κ1) is 13.4. The average Bonchev–Trinajstić information content (AvgIpc) is 2.66. The molecule has 0 saturated carbocycles. The lowest BCUT2D eigenvalue weighted by Gasteiger charge is -2.14. The highest BCUT2D eigenvalue weighted by molar-refractivity contribution is 7.14. The summed E-state index contributed by atoms with van der Waals surface area (Å²) in [4.78, 5) is 28.0. The van der Waals surface area contributed by atoms with E-state index in [1.807, 2.05) is 6.92 Å². The van der Waals surface area contributed by atoms with Crippen molar-refractivity contribution in [1.82, 2.24) is 4.98 Å². The highest BCUT2D eigenvalue weighted by Gasteiger charge is 2.12. The van der Waals surface area contributed by atoms with Crippen LogP contribution in [0.3, 0.4) is 0 Å². The second-order valence-electron chi connectivity index (χ2n) is 3.51. The Morgan fingerprint density at radius 3 is 2.65 bits per heavy atom. The van der Waals surface area contributed by atoms with E-state index in [2.05, 4.69) is 4.98 Å². The van der Waals surface area contributed by atoms with Crippen molar-refractivity contribution in [1.29, 1.82) is 0 Å². The van der Waals surface area contributed by atoms with Gasteiger partial charge in [0.1, 0.15) is 0 Å². The van der Waals surface area contributed by atoms with Crippen molar-refractivity contribution in [2.24, 2.45) is 5.73 Å². The van der Waals surface area contributed by atoms with Gasteiger partial charge in [0.15, 0.2) is 5.13 Å². The zero-order valence-corrected chi connectivity index (χ0v) is 10.9. The van der Waals surface area contributed by atoms with Gasteiger partial charge < -0.3 is 5.73 Å². The molecule has 2 amide bonds. The number of carbonyl (C=O) groups is 2. The minimum absolute atomic E-state index is 0.0518. The van der Waals surface area contributed by atoms with E-state index in [0.29, 0.717) is 22.9 Å². The summed E-state index contributed by atoms with van der Waals surface area (Å²) in [6, 6.07) is 0.